The molecule has 0 heterocycles. The first-order valence-corrected chi connectivity index (χ1v) is 20.3. The number of allylic oxidation sites excluding steroid dienone is 8. The lowest BCUT2D eigenvalue weighted by atomic mass is 10.1. The van der Waals surface area contributed by atoms with Crippen molar-refractivity contribution in [1.82, 2.24) is 5.06 Å². The molecule has 1 aliphatic carbocycles. The van der Waals surface area contributed by atoms with Gasteiger partial charge >= 0.3 is 0 Å². The van der Waals surface area contributed by atoms with Crippen LogP contribution in [0.2, 0.25) is 0 Å². The highest BCUT2D eigenvalue weighted by Gasteiger charge is 2.37. The molecule has 0 N–H and O–H groups in total. The summed E-state index contributed by atoms with van der Waals surface area (Å²) in [6.07, 6.45) is 51.7. The Morgan fingerprint density at radius 3 is 1.15 bits per heavy atom. The van der Waals surface area contributed by atoms with Gasteiger partial charge in [-0.15, -0.1) is 0 Å². The monoisotopic (exact) mass is 658 g/mol. The minimum absolute atomic E-state index is 0.169. The zero-order chi connectivity index (χ0) is 33.9. The van der Waals surface area contributed by atoms with Gasteiger partial charge in [0.05, 0.1) is 18.3 Å². The minimum atomic E-state index is 0.169. The molecule has 1 rings (SSSR count). The van der Waals surface area contributed by atoms with Gasteiger partial charge in [-0.1, -0.05) is 140 Å². The van der Waals surface area contributed by atoms with Crippen molar-refractivity contribution in [2.75, 3.05) is 27.3 Å². The second-order valence-corrected chi connectivity index (χ2v) is 14.0. The van der Waals surface area contributed by atoms with Gasteiger partial charge in [0.25, 0.3) is 0 Å². The smallest absolute Gasteiger partial charge is 0.0863 e. The van der Waals surface area contributed by atoms with Crippen LogP contribution in [-0.2, 0) is 14.3 Å². The summed E-state index contributed by atoms with van der Waals surface area (Å²) < 4.78 is 12.8. The predicted octanol–water partition coefficient (Wildman–Crippen LogP) is 13.0. The standard InChI is InChI=1S/C43H79NO3/c1-5-7-9-11-13-15-17-19-21-23-25-27-29-31-33-35-37-45-42-39-41(47-44(3)4)40-43(42)46-38-36-34-32-30-28-26-24-22-20-18-16-14-12-10-8-6-2/h13-16,19-22,41-43H,5-12,17-18,23-40H2,1-4H3/b15-13-,16-14-,21-19-,22-20-/t41-,42-,43+. The predicted molar refractivity (Wildman–Crippen MR) is 206 cm³/mol. The minimum Gasteiger partial charge on any atom is -0.375 e. The van der Waals surface area contributed by atoms with E-state index in [0.717, 1.165) is 51.7 Å². The molecule has 1 fully saturated rings. The number of rotatable bonds is 34. The van der Waals surface area contributed by atoms with E-state index in [1.165, 1.54) is 128 Å². The second kappa shape index (κ2) is 34.7. The maximum Gasteiger partial charge on any atom is 0.0863 e. The van der Waals surface area contributed by atoms with Crippen molar-refractivity contribution in [2.24, 2.45) is 0 Å². The van der Waals surface area contributed by atoms with Gasteiger partial charge in [-0.3, -0.25) is 4.84 Å². The lowest BCUT2D eigenvalue weighted by Crippen LogP contribution is -2.27. The highest BCUT2D eigenvalue weighted by atomic mass is 16.7. The Morgan fingerprint density at radius 1 is 0.447 bits per heavy atom. The number of hydrogen-bond acceptors (Lipinski definition) is 4. The van der Waals surface area contributed by atoms with Crippen LogP contribution in [0.25, 0.3) is 0 Å². The molecule has 3 atom stereocenters. The SMILES string of the molecule is CCCCC/C=C\C/C=C\CCCCCCCCO[C@H]1C[C@H](ON(C)C)C[C@H]1OCCCCCCCC/C=C\C/C=C\CCCCC. The quantitative estimate of drug-likeness (QED) is 0.0391. The number of unbranched alkanes of at least 4 members (excludes halogenated alkanes) is 18. The lowest BCUT2D eigenvalue weighted by molar-refractivity contribution is -0.165. The molecule has 47 heavy (non-hydrogen) atoms. The van der Waals surface area contributed by atoms with E-state index in [0.29, 0.717) is 0 Å². The van der Waals surface area contributed by atoms with Crippen LogP contribution >= 0.6 is 0 Å². The summed E-state index contributed by atoms with van der Waals surface area (Å²) in [6, 6.07) is 0. The molecule has 4 nitrogen and oxygen atoms in total. The summed E-state index contributed by atoms with van der Waals surface area (Å²) in [5.41, 5.74) is 0. The van der Waals surface area contributed by atoms with Crippen molar-refractivity contribution in [1.29, 1.82) is 0 Å². The van der Waals surface area contributed by atoms with E-state index < -0.39 is 0 Å². The van der Waals surface area contributed by atoms with E-state index in [1.54, 1.807) is 0 Å². The van der Waals surface area contributed by atoms with Gasteiger partial charge in [0.1, 0.15) is 0 Å². The third kappa shape index (κ3) is 29.4. The Morgan fingerprint density at radius 2 is 0.787 bits per heavy atom. The third-order valence-corrected chi connectivity index (χ3v) is 9.12. The van der Waals surface area contributed by atoms with Gasteiger partial charge in [-0.2, -0.15) is 5.06 Å². The molecule has 4 heteroatoms. The Balaban J connectivity index is 2.04. The zero-order valence-electron chi connectivity index (χ0n) is 31.8. The van der Waals surface area contributed by atoms with Crippen LogP contribution in [0.3, 0.4) is 0 Å². The fourth-order valence-corrected chi connectivity index (χ4v) is 6.30. The van der Waals surface area contributed by atoms with Crippen LogP contribution in [0.4, 0.5) is 0 Å². The van der Waals surface area contributed by atoms with E-state index in [-0.39, 0.29) is 18.3 Å². The zero-order valence-corrected chi connectivity index (χ0v) is 31.8. The first-order valence-electron chi connectivity index (χ1n) is 20.3. The first kappa shape index (κ1) is 43.8. The molecule has 0 saturated heterocycles. The fraction of sp³-hybridized carbons (Fsp3) is 0.814. The number of ether oxygens (including phenoxy) is 2. The fourth-order valence-electron chi connectivity index (χ4n) is 6.30. The maximum atomic E-state index is 6.38. The van der Waals surface area contributed by atoms with Crippen molar-refractivity contribution >= 4 is 0 Å². The molecule has 1 aliphatic rings. The third-order valence-electron chi connectivity index (χ3n) is 9.12. The van der Waals surface area contributed by atoms with Crippen molar-refractivity contribution in [2.45, 2.75) is 199 Å². The van der Waals surface area contributed by atoms with E-state index in [2.05, 4.69) is 62.5 Å². The second-order valence-electron chi connectivity index (χ2n) is 14.0. The van der Waals surface area contributed by atoms with Gasteiger partial charge in [0.2, 0.25) is 0 Å². The normalized spacial score (nSPS) is 18.9. The van der Waals surface area contributed by atoms with Crippen molar-refractivity contribution in [3.63, 3.8) is 0 Å². The maximum absolute atomic E-state index is 6.38. The topological polar surface area (TPSA) is 30.9 Å². The highest BCUT2D eigenvalue weighted by Crippen LogP contribution is 2.29. The average Bonchev–Trinajstić information content (AvgIpc) is 3.44. The molecule has 0 aliphatic heterocycles. The molecule has 0 unspecified atom stereocenters. The van der Waals surface area contributed by atoms with E-state index in [9.17, 15) is 0 Å². The van der Waals surface area contributed by atoms with E-state index in [1.807, 2.05) is 19.2 Å². The van der Waals surface area contributed by atoms with Crippen LogP contribution in [0.1, 0.15) is 181 Å². The van der Waals surface area contributed by atoms with Crippen LogP contribution in [0.5, 0.6) is 0 Å². The summed E-state index contributed by atoms with van der Waals surface area (Å²) in [4.78, 5) is 6.00. The van der Waals surface area contributed by atoms with Crippen LogP contribution in [-0.4, -0.2) is 50.7 Å². The molecule has 0 bridgehead atoms. The Kier molecular flexibility index (Phi) is 32.3. The molecule has 0 aromatic rings. The van der Waals surface area contributed by atoms with Crippen molar-refractivity contribution in [3.8, 4) is 0 Å². The Labute approximate surface area is 293 Å². The molecule has 0 spiro atoms. The molecular weight excluding hydrogens is 578 g/mol. The summed E-state index contributed by atoms with van der Waals surface area (Å²) in [6.45, 7) is 6.22. The molecule has 0 radical (unpaired) electrons. The summed E-state index contributed by atoms with van der Waals surface area (Å²) in [5, 5.41) is 1.83. The van der Waals surface area contributed by atoms with Crippen molar-refractivity contribution in [3.05, 3.63) is 48.6 Å². The van der Waals surface area contributed by atoms with Gasteiger partial charge in [-0.05, 0) is 77.0 Å². The number of hydrogen-bond donors (Lipinski definition) is 0. The first-order chi connectivity index (χ1) is 23.2. The molecule has 1 saturated carbocycles. The molecular formula is C43H79NO3. The van der Waals surface area contributed by atoms with Crippen LogP contribution in [0, 0.1) is 0 Å². The Bertz CT molecular complexity index is 700. The highest BCUT2D eigenvalue weighted by molar-refractivity contribution is 4.93. The van der Waals surface area contributed by atoms with Crippen LogP contribution < -0.4 is 0 Å². The molecule has 0 aromatic heterocycles. The Hall–Kier alpha value is -1.20. The van der Waals surface area contributed by atoms with Gasteiger partial charge in [0, 0.05) is 40.2 Å². The lowest BCUT2D eigenvalue weighted by Gasteiger charge is -2.20. The molecule has 0 aromatic carbocycles. The average molecular weight is 658 g/mol. The summed E-state index contributed by atoms with van der Waals surface area (Å²) in [7, 11) is 3.94. The van der Waals surface area contributed by atoms with Gasteiger partial charge in [-0.25, -0.2) is 0 Å². The van der Waals surface area contributed by atoms with Gasteiger partial charge < -0.3 is 9.47 Å². The molecule has 274 valence electrons. The van der Waals surface area contributed by atoms with Crippen LogP contribution in [0.15, 0.2) is 48.6 Å². The molecule has 0 amide bonds. The van der Waals surface area contributed by atoms with Gasteiger partial charge in [0.15, 0.2) is 0 Å². The largest absolute Gasteiger partial charge is 0.375 e. The van der Waals surface area contributed by atoms with E-state index in [4.69, 9.17) is 14.3 Å². The van der Waals surface area contributed by atoms with E-state index >= 15 is 0 Å². The summed E-state index contributed by atoms with van der Waals surface area (Å²) in [5.74, 6) is 0. The number of hydroxylamine groups is 2. The summed E-state index contributed by atoms with van der Waals surface area (Å²) >= 11 is 0. The number of nitrogens with zero attached hydrogens (tertiary/aromatic N) is 1. The van der Waals surface area contributed by atoms with Crippen molar-refractivity contribution < 1.29 is 14.3 Å².